The number of aromatic nitrogens is 1. The molecule has 4 N–H and O–H groups in total. The second-order valence-electron chi connectivity index (χ2n) is 4.47. The zero-order valence-electron chi connectivity index (χ0n) is 10.6. The number of hydrogen-bond donors (Lipinski definition) is 2. The summed E-state index contributed by atoms with van der Waals surface area (Å²) >= 11 is 0. The molecule has 0 amide bonds. The van der Waals surface area contributed by atoms with Gasteiger partial charge in [-0.15, -0.1) is 0 Å². The van der Waals surface area contributed by atoms with Gasteiger partial charge in [-0.1, -0.05) is 12.1 Å². The number of fused-ring (bicyclic) bond motifs is 1. The van der Waals surface area contributed by atoms with Crippen molar-refractivity contribution in [2.75, 3.05) is 5.73 Å². The molecule has 5 nitrogen and oxygen atoms in total. The third-order valence-electron chi connectivity index (χ3n) is 3.30. The van der Waals surface area contributed by atoms with Gasteiger partial charge in [0.25, 0.3) is 0 Å². The first kappa shape index (κ1) is 12.1. The predicted octanol–water partition coefficient (Wildman–Crippen LogP) is 1.88. The van der Waals surface area contributed by atoms with E-state index in [-0.39, 0.29) is 11.8 Å². The van der Waals surface area contributed by atoms with Gasteiger partial charge in [-0.2, -0.15) is 5.26 Å². The van der Waals surface area contributed by atoms with E-state index in [4.69, 9.17) is 16.2 Å². The molecule has 0 radical (unpaired) electrons. The molecule has 3 rings (SSSR count). The highest BCUT2D eigenvalue weighted by atomic mass is 16.5. The molecule has 1 aromatic carbocycles. The van der Waals surface area contributed by atoms with Crippen LogP contribution in [0.2, 0.25) is 0 Å². The first-order valence-corrected chi connectivity index (χ1v) is 6.08. The highest BCUT2D eigenvalue weighted by Crippen LogP contribution is 2.44. The molecule has 0 fully saturated rings. The number of benzene rings is 1. The molecular weight excluding hydrogens is 252 g/mol. The smallest absolute Gasteiger partial charge is 0.205 e. The maximum atomic E-state index is 9.38. The summed E-state index contributed by atoms with van der Waals surface area (Å²) in [5.41, 5.74) is 14.4. The van der Waals surface area contributed by atoms with E-state index >= 15 is 0 Å². The lowest BCUT2D eigenvalue weighted by Gasteiger charge is -2.27. The number of nitriles is 1. The van der Waals surface area contributed by atoms with Crippen molar-refractivity contribution < 1.29 is 4.74 Å². The minimum Gasteiger partial charge on any atom is -0.440 e. The van der Waals surface area contributed by atoms with Gasteiger partial charge in [0.2, 0.25) is 5.88 Å². The van der Waals surface area contributed by atoms with Crippen molar-refractivity contribution in [1.82, 2.24) is 4.98 Å². The fourth-order valence-corrected chi connectivity index (χ4v) is 2.42. The van der Waals surface area contributed by atoms with Gasteiger partial charge in [-0.25, -0.2) is 0 Å². The van der Waals surface area contributed by atoms with E-state index in [2.05, 4.69) is 11.1 Å². The molecule has 5 heteroatoms. The predicted molar refractivity (Wildman–Crippen MR) is 74.4 cm³/mol. The van der Waals surface area contributed by atoms with Gasteiger partial charge in [0.05, 0.1) is 5.92 Å². The molecule has 1 unspecified atom stereocenters. The van der Waals surface area contributed by atoms with Gasteiger partial charge in [-0.05, 0) is 23.8 Å². The van der Waals surface area contributed by atoms with Crippen LogP contribution in [0.4, 0.5) is 5.69 Å². The zero-order valence-corrected chi connectivity index (χ0v) is 10.6. The van der Waals surface area contributed by atoms with Crippen molar-refractivity contribution in [3.05, 3.63) is 65.3 Å². The number of anilines is 1. The number of nitrogens with zero attached hydrogens (tertiary/aromatic N) is 2. The van der Waals surface area contributed by atoms with Crippen molar-refractivity contribution >= 4 is 5.69 Å². The molecule has 2 heterocycles. The van der Waals surface area contributed by atoms with E-state index in [0.29, 0.717) is 17.0 Å². The summed E-state index contributed by atoms with van der Waals surface area (Å²) in [4.78, 5) is 4.10. The van der Waals surface area contributed by atoms with Gasteiger partial charge in [0.15, 0.2) is 0 Å². The molecule has 0 saturated carbocycles. The molecule has 1 atom stereocenters. The van der Waals surface area contributed by atoms with Crippen LogP contribution >= 0.6 is 0 Å². The van der Waals surface area contributed by atoms with Crippen LogP contribution in [0.25, 0.3) is 0 Å². The van der Waals surface area contributed by atoms with Gasteiger partial charge in [-0.3, -0.25) is 4.98 Å². The molecule has 1 aromatic heterocycles. The number of allylic oxidation sites excluding steroid dienone is 1. The van der Waals surface area contributed by atoms with Crippen LogP contribution in [0, 0.1) is 11.3 Å². The van der Waals surface area contributed by atoms with Crippen molar-refractivity contribution in [3.8, 4) is 11.8 Å². The maximum Gasteiger partial charge on any atom is 0.205 e. The summed E-state index contributed by atoms with van der Waals surface area (Å²) < 4.78 is 5.50. The lowest BCUT2D eigenvalue weighted by atomic mass is 9.83. The van der Waals surface area contributed by atoms with E-state index in [1.54, 1.807) is 30.6 Å². The Morgan fingerprint density at radius 1 is 1.20 bits per heavy atom. The quantitative estimate of drug-likeness (QED) is 0.766. The molecule has 0 aliphatic carbocycles. The second kappa shape index (κ2) is 4.59. The molecule has 1 aliphatic rings. The average molecular weight is 264 g/mol. The molecular formula is C15H12N4O. The van der Waals surface area contributed by atoms with Crippen molar-refractivity contribution in [1.29, 1.82) is 5.26 Å². The van der Waals surface area contributed by atoms with Crippen LogP contribution < -0.4 is 16.2 Å². The summed E-state index contributed by atoms with van der Waals surface area (Å²) in [5, 5.41) is 9.38. The first-order valence-electron chi connectivity index (χ1n) is 6.08. The van der Waals surface area contributed by atoms with Crippen LogP contribution in [0.5, 0.6) is 5.75 Å². The molecule has 0 bridgehead atoms. The summed E-state index contributed by atoms with van der Waals surface area (Å²) in [6.45, 7) is 0. The van der Waals surface area contributed by atoms with Crippen LogP contribution in [0.1, 0.15) is 17.0 Å². The third kappa shape index (κ3) is 1.75. The first-order chi connectivity index (χ1) is 9.72. The monoisotopic (exact) mass is 264 g/mol. The Balaban J connectivity index is 2.28. The van der Waals surface area contributed by atoms with Crippen molar-refractivity contribution in [2.45, 2.75) is 5.92 Å². The molecule has 0 saturated heterocycles. The lowest BCUT2D eigenvalue weighted by Crippen LogP contribution is -2.22. The average Bonchev–Trinajstić information content (AvgIpc) is 2.47. The lowest BCUT2D eigenvalue weighted by molar-refractivity contribution is 0.394. The summed E-state index contributed by atoms with van der Waals surface area (Å²) in [6.07, 6.45) is 3.38. The summed E-state index contributed by atoms with van der Waals surface area (Å²) in [6, 6.07) is 11.2. The topological polar surface area (TPSA) is 98.0 Å². The fourth-order valence-electron chi connectivity index (χ4n) is 2.42. The number of ether oxygens (including phenoxy) is 1. The van der Waals surface area contributed by atoms with E-state index in [0.717, 1.165) is 11.1 Å². The second-order valence-corrected chi connectivity index (χ2v) is 4.47. The van der Waals surface area contributed by atoms with E-state index in [9.17, 15) is 5.26 Å². The van der Waals surface area contributed by atoms with Gasteiger partial charge in [0, 0.05) is 23.6 Å². The number of rotatable bonds is 1. The van der Waals surface area contributed by atoms with Crippen LogP contribution in [0.15, 0.2) is 54.2 Å². The fraction of sp³-hybridized carbons (Fsp3) is 0.0667. The number of pyridine rings is 1. The summed E-state index contributed by atoms with van der Waals surface area (Å²) in [7, 11) is 0. The van der Waals surface area contributed by atoms with Crippen LogP contribution in [-0.4, -0.2) is 4.98 Å². The summed E-state index contributed by atoms with van der Waals surface area (Å²) in [5.74, 6) is 0.341. The molecule has 98 valence electrons. The molecule has 1 aliphatic heterocycles. The van der Waals surface area contributed by atoms with Crippen LogP contribution in [-0.2, 0) is 0 Å². The minimum absolute atomic E-state index is 0.111. The minimum atomic E-state index is -0.348. The van der Waals surface area contributed by atoms with Crippen molar-refractivity contribution in [3.63, 3.8) is 0 Å². The Morgan fingerprint density at radius 2 is 2.05 bits per heavy atom. The molecule has 20 heavy (non-hydrogen) atoms. The van der Waals surface area contributed by atoms with Gasteiger partial charge in [0.1, 0.15) is 17.4 Å². The largest absolute Gasteiger partial charge is 0.440 e. The van der Waals surface area contributed by atoms with Crippen LogP contribution in [0.3, 0.4) is 0 Å². The highest BCUT2D eigenvalue weighted by molar-refractivity contribution is 5.65. The normalized spacial score (nSPS) is 17.1. The Kier molecular flexibility index (Phi) is 2.77. The molecule has 2 aromatic rings. The number of hydrogen-bond acceptors (Lipinski definition) is 5. The standard InChI is InChI=1S/C15H12N4O/c16-7-10-13(9-3-2-6-19-8-9)14-11(17)4-1-5-12(14)20-15(10)18/h1-6,8,13H,17-18H2. The number of nitrogen functional groups attached to an aromatic ring is 1. The maximum absolute atomic E-state index is 9.38. The Labute approximate surface area is 116 Å². The Bertz CT molecular complexity index is 731. The van der Waals surface area contributed by atoms with E-state index in [1.165, 1.54) is 0 Å². The molecule has 0 spiro atoms. The Hall–Kier alpha value is -3.00. The number of nitrogens with two attached hydrogens (primary N) is 2. The Morgan fingerprint density at radius 3 is 2.75 bits per heavy atom. The SMILES string of the molecule is N#CC1=C(N)Oc2cccc(N)c2C1c1cccnc1. The van der Waals surface area contributed by atoms with Crippen molar-refractivity contribution in [2.24, 2.45) is 5.73 Å². The highest BCUT2D eigenvalue weighted by Gasteiger charge is 2.32. The van der Waals surface area contributed by atoms with E-state index < -0.39 is 0 Å². The third-order valence-corrected chi connectivity index (χ3v) is 3.30. The van der Waals surface area contributed by atoms with E-state index in [1.807, 2.05) is 12.1 Å². The van der Waals surface area contributed by atoms with Gasteiger partial charge < -0.3 is 16.2 Å². The van der Waals surface area contributed by atoms with Gasteiger partial charge >= 0.3 is 0 Å². The zero-order chi connectivity index (χ0) is 14.1.